The van der Waals surface area contributed by atoms with E-state index < -0.39 is 5.91 Å². The minimum atomic E-state index is -0.510. The zero-order valence-corrected chi connectivity index (χ0v) is 10.1. The van der Waals surface area contributed by atoms with Gasteiger partial charge in [0.1, 0.15) is 18.2 Å². The maximum Gasteiger partial charge on any atom is 0.250 e. The van der Waals surface area contributed by atoms with E-state index in [2.05, 4.69) is 15.3 Å². The number of carbonyl (C=O) groups is 1. The van der Waals surface area contributed by atoms with Gasteiger partial charge in [0.15, 0.2) is 0 Å². The number of primary amides is 1. The summed E-state index contributed by atoms with van der Waals surface area (Å²) in [6.45, 7) is 1.07. The van der Waals surface area contributed by atoms with Crippen LogP contribution in [0.1, 0.15) is 16.8 Å². The van der Waals surface area contributed by atoms with Gasteiger partial charge < -0.3 is 21.1 Å². The zero-order chi connectivity index (χ0) is 13.4. The molecule has 0 spiro atoms. The van der Waals surface area contributed by atoms with Gasteiger partial charge in [-0.2, -0.15) is 4.99 Å². The molecule has 4 N–H and O–H groups in total. The molecule has 98 valence electrons. The van der Waals surface area contributed by atoms with Crippen LogP contribution in [0.3, 0.4) is 0 Å². The standard InChI is InChI=1S/C12H13N5O2/c13-11(19)7-1-2-9(15-5-7)17-6-10(18)16-12-8(17)3-4-14-12/h1-2,5,14H,3-4,6H2,(H2,13,19)(H,16,18). The van der Waals surface area contributed by atoms with E-state index in [1.807, 2.05) is 4.90 Å². The molecule has 3 heterocycles. The van der Waals surface area contributed by atoms with Crippen molar-refractivity contribution in [3.05, 3.63) is 35.4 Å². The molecule has 7 heteroatoms. The average molecular weight is 259 g/mol. The summed E-state index contributed by atoms with van der Waals surface area (Å²) >= 11 is 0. The van der Waals surface area contributed by atoms with Gasteiger partial charge in [0.25, 0.3) is 0 Å². The van der Waals surface area contributed by atoms with Crippen LogP contribution in [-0.2, 0) is 0 Å². The maximum absolute atomic E-state index is 11.0. The van der Waals surface area contributed by atoms with Crippen LogP contribution in [0.25, 0.3) is 0 Å². The number of hydrogen-bond donors (Lipinski definition) is 3. The Morgan fingerprint density at radius 2 is 2.32 bits per heavy atom. The normalized spacial score (nSPS) is 17.9. The fourth-order valence-corrected chi connectivity index (χ4v) is 2.20. The molecule has 1 amide bonds. The maximum atomic E-state index is 11.0. The number of aliphatic hydroxyl groups is 1. The van der Waals surface area contributed by atoms with Crippen molar-refractivity contribution in [3.63, 3.8) is 0 Å². The van der Waals surface area contributed by atoms with Gasteiger partial charge in [-0.25, -0.2) is 4.98 Å². The van der Waals surface area contributed by atoms with Crippen molar-refractivity contribution in [2.24, 2.45) is 10.7 Å². The molecule has 2 aliphatic rings. The second-order valence-electron chi connectivity index (χ2n) is 4.36. The molecule has 0 aliphatic carbocycles. The van der Waals surface area contributed by atoms with E-state index in [0.717, 1.165) is 18.7 Å². The van der Waals surface area contributed by atoms with Crippen LogP contribution in [0.4, 0.5) is 5.82 Å². The number of carbonyl (C=O) groups excluding carboxylic acids is 1. The second kappa shape index (κ2) is 4.27. The number of anilines is 1. The Bertz CT molecular complexity index is 591. The summed E-state index contributed by atoms with van der Waals surface area (Å²) in [4.78, 5) is 21.2. The lowest BCUT2D eigenvalue weighted by Crippen LogP contribution is -2.33. The topological polar surface area (TPSA) is 104 Å². The molecule has 0 unspecified atom stereocenters. The van der Waals surface area contributed by atoms with E-state index in [-0.39, 0.29) is 12.4 Å². The van der Waals surface area contributed by atoms with Crippen LogP contribution in [0.2, 0.25) is 0 Å². The van der Waals surface area contributed by atoms with Gasteiger partial charge in [-0.3, -0.25) is 4.79 Å². The van der Waals surface area contributed by atoms with Gasteiger partial charge >= 0.3 is 0 Å². The third-order valence-electron chi connectivity index (χ3n) is 3.10. The summed E-state index contributed by atoms with van der Waals surface area (Å²) in [5.74, 6) is 0.866. The lowest BCUT2D eigenvalue weighted by Gasteiger charge is -2.26. The molecular weight excluding hydrogens is 246 g/mol. The number of nitrogens with two attached hydrogens (primary N) is 1. The van der Waals surface area contributed by atoms with Crippen LogP contribution in [0.15, 0.2) is 34.8 Å². The Kier molecular flexibility index (Phi) is 2.59. The zero-order valence-electron chi connectivity index (χ0n) is 10.1. The van der Waals surface area contributed by atoms with E-state index in [4.69, 9.17) is 5.73 Å². The highest BCUT2D eigenvalue weighted by Gasteiger charge is 2.27. The van der Waals surface area contributed by atoms with Crippen molar-refractivity contribution < 1.29 is 9.90 Å². The molecule has 0 radical (unpaired) electrons. The third-order valence-corrected chi connectivity index (χ3v) is 3.10. The fourth-order valence-electron chi connectivity index (χ4n) is 2.20. The molecule has 1 aromatic heterocycles. The van der Waals surface area contributed by atoms with E-state index in [0.29, 0.717) is 17.2 Å². The van der Waals surface area contributed by atoms with E-state index in [9.17, 15) is 9.90 Å². The molecule has 2 aliphatic heterocycles. The summed E-state index contributed by atoms with van der Waals surface area (Å²) in [5, 5.41) is 12.8. The van der Waals surface area contributed by atoms with Gasteiger partial charge in [0.05, 0.1) is 11.3 Å². The van der Waals surface area contributed by atoms with Gasteiger partial charge in [-0.05, 0) is 12.1 Å². The molecule has 1 aromatic rings. The Hall–Kier alpha value is -2.57. The molecule has 7 nitrogen and oxygen atoms in total. The van der Waals surface area contributed by atoms with Gasteiger partial charge in [-0.15, -0.1) is 0 Å². The van der Waals surface area contributed by atoms with Gasteiger partial charge in [0.2, 0.25) is 11.8 Å². The van der Waals surface area contributed by atoms with Crippen LogP contribution >= 0.6 is 0 Å². The first-order valence-electron chi connectivity index (χ1n) is 5.92. The average Bonchev–Trinajstić information content (AvgIpc) is 2.85. The molecule has 0 fully saturated rings. The first-order valence-corrected chi connectivity index (χ1v) is 5.92. The largest absolute Gasteiger partial charge is 0.495 e. The van der Waals surface area contributed by atoms with Crippen molar-refractivity contribution in [2.75, 3.05) is 18.0 Å². The summed E-state index contributed by atoms with van der Waals surface area (Å²) in [6, 6.07) is 3.33. The number of aliphatic hydroxyl groups excluding tert-OH is 1. The molecule has 0 atom stereocenters. The highest BCUT2D eigenvalue weighted by molar-refractivity contribution is 5.92. The number of amides is 1. The molecule has 0 aromatic carbocycles. The lowest BCUT2D eigenvalue weighted by molar-refractivity contribution is 0.1000. The van der Waals surface area contributed by atoms with Crippen LogP contribution in [0.5, 0.6) is 0 Å². The van der Waals surface area contributed by atoms with Crippen molar-refractivity contribution >= 4 is 17.6 Å². The van der Waals surface area contributed by atoms with E-state index >= 15 is 0 Å². The number of nitrogens with zero attached hydrogens (tertiary/aromatic N) is 3. The van der Waals surface area contributed by atoms with E-state index in [1.165, 1.54) is 6.20 Å². The third kappa shape index (κ3) is 1.99. The molecule has 3 rings (SSSR count). The highest BCUT2D eigenvalue weighted by atomic mass is 16.3. The molecular formula is C12H13N5O2. The van der Waals surface area contributed by atoms with E-state index in [1.54, 1.807) is 12.1 Å². The summed E-state index contributed by atoms with van der Waals surface area (Å²) in [6.07, 6.45) is 2.26. The highest BCUT2D eigenvalue weighted by Crippen LogP contribution is 2.27. The van der Waals surface area contributed by atoms with Crippen molar-refractivity contribution in [3.8, 4) is 0 Å². The molecule has 19 heavy (non-hydrogen) atoms. The lowest BCUT2D eigenvalue weighted by atomic mass is 10.2. The first-order chi connectivity index (χ1) is 9.15. The minimum Gasteiger partial charge on any atom is -0.495 e. The van der Waals surface area contributed by atoms with Crippen LogP contribution in [0, 0.1) is 0 Å². The van der Waals surface area contributed by atoms with Gasteiger partial charge in [-0.1, -0.05) is 0 Å². The number of hydrogen-bond acceptors (Lipinski definition) is 5. The Labute approximate surface area is 109 Å². The Morgan fingerprint density at radius 3 is 3.00 bits per heavy atom. The predicted molar refractivity (Wildman–Crippen MR) is 69.8 cm³/mol. The quantitative estimate of drug-likeness (QED) is 0.699. The Balaban J connectivity index is 1.94. The van der Waals surface area contributed by atoms with Crippen molar-refractivity contribution in [1.29, 1.82) is 0 Å². The fraction of sp³-hybridized carbons (Fsp3) is 0.250. The SMILES string of the molecule is NC(=O)c1ccc(N2CC(O)=NC3=C2CCN3)nc1. The number of pyridine rings is 1. The number of nitrogens with one attached hydrogen (secondary N) is 1. The molecule has 0 bridgehead atoms. The second-order valence-corrected chi connectivity index (χ2v) is 4.36. The summed E-state index contributed by atoms with van der Waals surface area (Å²) in [7, 11) is 0. The number of rotatable bonds is 2. The number of aliphatic imine (C=N–C) groups is 1. The Morgan fingerprint density at radius 1 is 1.47 bits per heavy atom. The van der Waals surface area contributed by atoms with Crippen LogP contribution < -0.4 is 16.0 Å². The first kappa shape index (κ1) is 11.5. The minimum absolute atomic E-state index is 0.0360. The van der Waals surface area contributed by atoms with Crippen LogP contribution in [-0.4, -0.2) is 35.0 Å². The smallest absolute Gasteiger partial charge is 0.250 e. The predicted octanol–water partition coefficient (Wildman–Crippen LogP) is 0.119. The molecule has 0 saturated heterocycles. The summed E-state index contributed by atoms with van der Waals surface area (Å²) in [5.41, 5.74) is 6.53. The van der Waals surface area contributed by atoms with Gasteiger partial charge in [0, 0.05) is 19.2 Å². The number of aromatic nitrogens is 1. The van der Waals surface area contributed by atoms with Crippen molar-refractivity contribution in [1.82, 2.24) is 10.3 Å². The van der Waals surface area contributed by atoms with Crippen molar-refractivity contribution in [2.45, 2.75) is 6.42 Å². The summed E-state index contributed by atoms with van der Waals surface area (Å²) < 4.78 is 0. The monoisotopic (exact) mass is 259 g/mol. The molecule has 0 saturated carbocycles.